The summed E-state index contributed by atoms with van der Waals surface area (Å²) in [6, 6.07) is 61.5. The van der Waals surface area contributed by atoms with Gasteiger partial charge in [0.25, 0.3) is 0 Å². The monoisotopic (exact) mass is 639 g/mol. The summed E-state index contributed by atoms with van der Waals surface area (Å²) in [4.78, 5) is 10.3. The van der Waals surface area contributed by atoms with E-state index in [0.29, 0.717) is 11.5 Å². The molecule has 3 aromatic heterocycles. The van der Waals surface area contributed by atoms with Crippen LogP contribution in [0.3, 0.4) is 0 Å². The molecule has 0 saturated heterocycles. The van der Waals surface area contributed by atoms with Gasteiger partial charge in [0.2, 0.25) is 5.71 Å². The molecule has 0 N–H and O–H groups in total. The van der Waals surface area contributed by atoms with E-state index in [1.54, 1.807) is 0 Å². The van der Waals surface area contributed by atoms with E-state index in [1.165, 1.54) is 16.5 Å². The topological polar surface area (TPSA) is 43.9 Å². The van der Waals surface area contributed by atoms with Crippen molar-refractivity contribution in [1.29, 1.82) is 0 Å². The Hall–Kier alpha value is -6.78. The molecule has 0 atom stereocenters. The summed E-state index contributed by atoms with van der Waals surface area (Å²) in [6.45, 7) is 0. The maximum absolute atomic E-state index is 6.68. The van der Waals surface area contributed by atoms with Crippen LogP contribution in [0.2, 0.25) is 0 Å². The van der Waals surface area contributed by atoms with Crippen molar-refractivity contribution in [2.75, 3.05) is 0 Å². The Bertz CT molecular complexity index is 2850. The van der Waals surface area contributed by atoms with Gasteiger partial charge in [0.05, 0.1) is 22.1 Å². The van der Waals surface area contributed by atoms with Crippen LogP contribution in [-0.4, -0.2) is 14.5 Å². The molecule has 4 heteroatoms. The number of hydrogen-bond acceptors (Lipinski definition) is 3. The molecule has 0 aliphatic heterocycles. The quantitative estimate of drug-likeness (QED) is 0.188. The average Bonchev–Trinajstić information content (AvgIpc) is 3.72. The van der Waals surface area contributed by atoms with Gasteiger partial charge in [-0.3, -0.25) is 0 Å². The molecule has 3 heterocycles. The zero-order valence-corrected chi connectivity index (χ0v) is 27.0. The Morgan fingerprint density at radius 3 is 1.74 bits per heavy atom. The minimum Gasteiger partial charge on any atom is -0.438 e. The summed E-state index contributed by atoms with van der Waals surface area (Å²) >= 11 is 0. The molecule has 234 valence electrons. The number of benzene rings is 7. The van der Waals surface area contributed by atoms with E-state index >= 15 is 0 Å². The molecule has 0 fully saturated rings. The lowest BCUT2D eigenvalue weighted by Crippen LogP contribution is -1.95. The summed E-state index contributed by atoms with van der Waals surface area (Å²) < 4.78 is 9.05. The number of para-hydroxylation sites is 1. The fourth-order valence-corrected chi connectivity index (χ4v) is 7.27. The van der Waals surface area contributed by atoms with Crippen LogP contribution in [0.4, 0.5) is 0 Å². The average molecular weight is 640 g/mol. The molecule has 0 radical (unpaired) electrons. The van der Waals surface area contributed by atoms with Gasteiger partial charge in [0.1, 0.15) is 5.58 Å². The van der Waals surface area contributed by atoms with Crippen molar-refractivity contribution >= 4 is 43.9 Å². The summed E-state index contributed by atoms with van der Waals surface area (Å²) in [5, 5.41) is 4.18. The molecule has 10 rings (SSSR count). The van der Waals surface area contributed by atoms with Crippen LogP contribution < -0.4 is 0 Å². The predicted octanol–water partition coefficient (Wildman–Crippen LogP) is 12.1. The normalized spacial score (nSPS) is 11.6. The molecular weight excluding hydrogens is 611 g/mol. The highest BCUT2D eigenvalue weighted by molar-refractivity contribution is 6.19. The number of furan rings is 1. The first kappa shape index (κ1) is 28.3. The molecular formula is C46H29N3O. The van der Waals surface area contributed by atoms with Crippen molar-refractivity contribution in [3.63, 3.8) is 0 Å². The Labute approximate surface area is 288 Å². The van der Waals surface area contributed by atoms with Crippen molar-refractivity contribution in [3.05, 3.63) is 176 Å². The zero-order valence-electron chi connectivity index (χ0n) is 27.0. The summed E-state index contributed by atoms with van der Waals surface area (Å²) in [6.07, 6.45) is 0. The summed E-state index contributed by atoms with van der Waals surface area (Å²) in [5.41, 5.74) is 12.1. The third kappa shape index (κ3) is 4.61. The van der Waals surface area contributed by atoms with E-state index in [0.717, 1.165) is 66.4 Å². The van der Waals surface area contributed by atoms with Crippen molar-refractivity contribution in [3.8, 4) is 50.6 Å². The van der Waals surface area contributed by atoms with Crippen LogP contribution in [0.15, 0.2) is 180 Å². The molecule has 0 aliphatic rings. The second-order valence-corrected chi connectivity index (χ2v) is 12.6. The third-order valence-electron chi connectivity index (χ3n) is 9.61. The molecule has 0 bridgehead atoms. The molecule has 0 unspecified atom stereocenters. The van der Waals surface area contributed by atoms with Gasteiger partial charge in [-0.25, -0.2) is 4.98 Å². The number of hydrogen-bond donors (Lipinski definition) is 0. The van der Waals surface area contributed by atoms with Gasteiger partial charge in [-0.05, 0) is 58.7 Å². The molecule has 50 heavy (non-hydrogen) atoms. The van der Waals surface area contributed by atoms with Gasteiger partial charge in [0, 0.05) is 33.0 Å². The Kier molecular flexibility index (Phi) is 6.46. The Morgan fingerprint density at radius 1 is 0.400 bits per heavy atom. The minimum atomic E-state index is 0.573. The van der Waals surface area contributed by atoms with Crippen LogP contribution in [0, 0.1) is 0 Å². The number of nitrogens with zero attached hydrogens (tertiary/aromatic N) is 3. The maximum atomic E-state index is 6.68. The predicted molar refractivity (Wildman–Crippen MR) is 205 cm³/mol. The van der Waals surface area contributed by atoms with Gasteiger partial charge in [-0.15, -0.1) is 0 Å². The number of fused-ring (bicyclic) bond motifs is 6. The second kappa shape index (κ2) is 11.4. The molecule has 10 aromatic rings. The molecule has 7 aromatic carbocycles. The van der Waals surface area contributed by atoms with Crippen LogP contribution in [0.1, 0.15) is 0 Å². The molecule has 0 aliphatic carbocycles. The lowest BCUT2D eigenvalue weighted by atomic mass is 9.99. The number of rotatable bonds is 5. The van der Waals surface area contributed by atoms with Gasteiger partial charge >= 0.3 is 0 Å². The minimum absolute atomic E-state index is 0.573. The standard InChI is InChI=1S/C46H29N3O/c1-4-14-30(15-5-1)33-20-12-22-35(26-33)44-43-39-28-41-38(29-42(39)50-46(43)48-45(47-44)32-18-8-3-9-19-32)37-24-10-11-25-40(37)49(41)36-23-13-21-34(27-36)31-16-6-2-7-17-31/h1-29H. The van der Waals surface area contributed by atoms with Crippen LogP contribution in [-0.2, 0) is 0 Å². The van der Waals surface area contributed by atoms with Crippen LogP contribution >= 0.6 is 0 Å². The Balaban J connectivity index is 1.27. The molecule has 0 amide bonds. The van der Waals surface area contributed by atoms with E-state index < -0.39 is 0 Å². The first-order chi connectivity index (χ1) is 24.8. The van der Waals surface area contributed by atoms with Crippen LogP contribution in [0.25, 0.3) is 94.5 Å². The fraction of sp³-hybridized carbons (Fsp3) is 0. The van der Waals surface area contributed by atoms with Crippen LogP contribution in [0.5, 0.6) is 0 Å². The van der Waals surface area contributed by atoms with E-state index in [1.807, 2.05) is 36.4 Å². The van der Waals surface area contributed by atoms with E-state index in [4.69, 9.17) is 14.4 Å². The van der Waals surface area contributed by atoms with E-state index in [2.05, 4.69) is 144 Å². The molecule has 0 saturated carbocycles. The molecule has 4 nitrogen and oxygen atoms in total. The third-order valence-corrected chi connectivity index (χ3v) is 9.61. The summed E-state index contributed by atoms with van der Waals surface area (Å²) in [7, 11) is 0. The van der Waals surface area contributed by atoms with Crippen molar-refractivity contribution in [2.24, 2.45) is 0 Å². The first-order valence-electron chi connectivity index (χ1n) is 16.8. The van der Waals surface area contributed by atoms with Crippen molar-refractivity contribution < 1.29 is 4.42 Å². The summed E-state index contributed by atoms with van der Waals surface area (Å²) in [5.74, 6) is 0.634. The maximum Gasteiger partial charge on any atom is 0.231 e. The lowest BCUT2D eigenvalue weighted by molar-refractivity contribution is 0.654. The SMILES string of the molecule is c1ccc(-c2cccc(-c3nc(-c4ccccc4)nc4oc5cc6c7ccccc7n(-c7cccc(-c8ccccc8)c7)c6cc5c34)c2)cc1. The van der Waals surface area contributed by atoms with Gasteiger partial charge in [0.15, 0.2) is 5.82 Å². The largest absolute Gasteiger partial charge is 0.438 e. The highest BCUT2D eigenvalue weighted by Crippen LogP contribution is 2.42. The zero-order chi connectivity index (χ0) is 33.0. The second-order valence-electron chi connectivity index (χ2n) is 12.6. The highest BCUT2D eigenvalue weighted by Gasteiger charge is 2.22. The van der Waals surface area contributed by atoms with Gasteiger partial charge in [-0.2, -0.15) is 4.98 Å². The van der Waals surface area contributed by atoms with E-state index in [-0.39, 0.29) is 0 Å². The smallest absolute Gasteiger partial charge is 0.231 e. The highest BCUT2D eigenvalue weighted by atomic mass is 16.3. The first-order valence-corrected chi connectivity index (χ1v) is 16.8. The lowest BCUT2D eigenvalue weighted by Gasteiger charge is -2.11. The van der Waals surface area contributed by atoms with Gasteiger partial charge in [-0.1, -0.05) is 140 Å². The van der Waals surface area contributed by atoms with Crippen molar-refractivity contribution in [1.82, 2.24) is 14.5 Å². The van der Waals surface area contributed by atoms with E-state index in [9.17, 15) is 0 Å². The fourth-order valence-electron chi connectivity index (χ4n) is 7.27. The number of aromatic nitrogens is 3. The Morgan fingerprint density at radius 2 is 1.00 bits per heavy atom. The van der Waals surface area contributed by atoms with Gasteiger partial charge < -0.3 is 8.98 Å². The van der Waals surface area contributed by atoms with Crippen molar-refractivity contribution in [2.45, 2.75) is 0 Å². The molecule has 0 spiro atoms.